The van der Waals surface area contributed by atoms with Gasteiger partial charge in [0.15, 0.2) is 5.78 Å². The molecule has 0 aliphatic carbocycles. The van der Waals surface area contributed by atoms with Gasteiger partial charge in [0.05, 0.1) is 22.9 Å². The number of ketones is 1. The second-order valence-electron chi connectivity index (χ2n) is 3.99. The minimum Gasteiger partial charge on any atom is -0.497 e. The van der Waals surface area contributed by atoms with Gasteiger partial charge in [-0.25, -0.2) is 0 Å². The number of rotatable bonds is 5. The summed E-state index contributed by atoms with van der Waals surface area (Å²) in [5.41, 5.74) is 0.649. The first-order valence-corrected chi connectivity index (χ1v) is 7.60. The van der Waals surface area contributed by atoms with E-state index in [0.29, 0.717) is 21.4 Å². The highest BCUT2D eigenvalue weighted by molar-refractivity contribution is 8.00. The van der Waals surface area contributed by atoms with Gasteiger partial charge in [0.25, 0.3) is 0 Å². The summed E-state index contributed by atoms with van der Waals surface area (Å²) in [7, 11) is 1.59. The maximum absolute atomic E-state index is 12.1. The van der Waals surface area contributed by atoms with E-state index in [1.807, 2.05) is 12.1 Å². The van der Waals surface area contributed by atoms with Crippen LogP contribution < -0.4 is 4.74 Å². The van der Waals surface area contributed by atoms with Crippen LogP contribution in [-0.2, 0) is 0 Å². The Labute approximate surface area is 132 Å². The average Bonchev–Trinajstić information content (AvgIpc) is 2.48. The lowest BCUT2D eigenvalue weighted by Gasteiger charge is -2.05. The largest absolute Gasteiger partial charge is 0.497 e. The fourth-order valence-electron chi connectivity index (χ4n) is 1.60. The zero-order chi connectivity index (χ0) is 14.5. The van der Waals surface area contributed by atoms with Gasteiger partial charge in [0.1, 0.15) is 5.75 Å². The lowest BCUT2D eigenvalue weighted by atomic mass is 10.1. The maximum Gasteiger partial charge on any atom is 0.173 e. The van der Waals surface area contributed by atoms with E-state index >= 15 is 0 Å². The van der Waals surface area contributed by atoms with Gasteiger partial charge in [-0.15, -0.1) is 11.8 Å². The minimum atomic E-state index is 0.0358. The summed E-state index contributed by atoms with van der Waals surface area (Å²) in [5.74, 6) is 1.08. The number of thioether (sulfide) groups is 1. The third-order valence-corrected chi connectivity index (χ3v) is 4.68. The second kappa shape index (κ2) is 7.02. The predicted molar refractivity (Wildman–Crippen MR) is 84.5 cm³/mol. The number of carbonyl (C=O) groups is 1. The van der Waals surface area contributed by atoms with Crippen molar-refractivity contribution in [1.29, 1.82) is 0 Å². The minimum absolute atomic E-state index is 0.0358. The molecule has 0 atom stereocenters. The normalized spacial score (nSPS) is 10.3. The molecule has 0 N–H and O–H groups in total. The van der Waals surface area contributed by atoms with E-state index in [0.717, 1.165) is 10.6 Å². The van der Waals surface area contributed by atoms with Gasteiger partial charge in [-0.1, -0.05) is 29.3 Å². The van der Waals surface area contributed by atoms with Crippen LogP contribution in [0.25, 0.3) is 0 Å². The predicted octanol–water partition coefficient (Wildman–Crippen LogP) is 4.98. The van der Waals surface area contributed by atoms with Crippen molar-refractivity contribution >= 4 is 40.7 Å². The van der Waals surface area contributed by atoms with Crippen molar-refractivity contribution in [3.05, 3.63) is 58.1 Å². The molecule has 0 unspecified atom stereocenters. The molecule has 0 heterocycles. The highest BCUT2D eigenvalue weighted by atomic mass is 35.5. The Bertz CT molecular complexity index is 612. The molecular formula is C15H12Cl2O2S. The quantitative estimate of drug-likeness (QED) is 0.572. The van der Waals surface area contributed by atoms with E-state index in [1.54, 1.807) is 37.4 Å². The third kappa shape index (κ3) is 3.69. The number of Topliss-reactive ketones (excluding diaryl/α,β-unsaturated/α-hetero) is 1. The zero-order valence-electron chi connectivity index (χ0n) is 10.7. The average molecular weight is 327 g/mol. The first-order chi connectivity index (χ1) is 9.61. The Morgan fingerprint density at radius 3 is 2.50 bits per heavy atom. The molecule has 0 aliphatic rings. The molecular weight excluding hydrogens is 315 g/mol. The number of ether oxygens (including phenoxy) is 1. The first-order valence-electron chi connectivity index (χ1n) is 5.86. The van der Waals surface area contributed by atoms with Crippen molar-refractivity contribution in [3.63, 3.8) is 0 Å². The Morgan fingerprint density at radius 1 is 1.15 bits per heavy atom. The molecule has 2 aromatic rings. The highest BCUT2D eigenvalue weighted by Gasteiger charge is 2.10. The van der Waals surface area contributed by atoms with Crippen molar-refractivity contribution in [2.24, 2.45) is 0 Å². The Morgan fingerprint density at radius 2 is 1.85 bits per heavy atom. The fourth-order valence-corrected chi connectivity index (χ4v) is 2.98. The van der Waals surface area contributed by atoms with Crippen LogP contribution in [0.5, 0.6) is 5.75 Å². The molecule has 0 saturated heterocycles. The van der Waals surface area contributed by atoms with Gasteiger partial charge in [0, 0.05) is 10.5 Å². The number of hydrogen-bond donors (Lipinski definition) is 0. The summed E-state index contributed by atoms with van der Waals surface area (Å²) in [6.07, 6.45) is 0. The van der Waals surface area contributed by atoms with Crippen LogP contribution in [0.1, 0.15) is 10.4 Å². The van der Waals surface area contributed by atoms with Crippen LogP contribution in [0.3, 0.4) is 0 Å². The Kier molecular flexibility index (Phi) is 5.35. The summed E-state index contributed by atoms with van der Waals surface area (Å²) < 4.78 is 5.06. The number of benzene rings is 2. The van der Waals surface area contributed by atoms with Crippen LogP contribution >= 0.6 is 35.0 Å². The Balaban J connectivity index is 2.02. The van der Waals surface area contributed by atoms with E-state index in [4.69, 9.17) is 27.9 Å². The van der Waals surface area contributed by atoms with Crippen LogP contribution in [0.15, 0.2) is 47.4 Å². The molecule has 0 fully saturated rings. The SMILES string of the molecule is COc1ccc(C(=O)CSc2cccc(Cl)c2Cl)cc1. The standard InChI is InChI=1S/C15H12Cl2O2S/c1-19-11-7-5-10(6-8-11)13(18)9-20-14-4-2-3-12(16)15(14)17/h2-8H,9H2,1H3. The molecule has 2 rings (SSSR count). The van der Waals surface area contributed by atoms with Crippen molar-refractivity contribution in [2.75, 3.05) is 12.9 Å². The number of halogens is 2. The highest BCUT2D eigenvalue weighted by Crippen LogP contribution is 2.33. The summed E-state index contributed by atoms with van der Waals surface area (Å²) in [6, 6.07) is 12.4. The van der Waals surface area contributed by atoms with Crippen molar-refractivity contribution < 1.29 is 9.53 Å². The van der Waals surface area contributed by atoms with Gasteiger partial charge in [-0.2, -0.15) is 0 Å². The van der Waals surface area contributed by atoms with Crippen LogP contribution in [-0.4, -0.2) is 18.6 Å². The van der Waals surface area contributed by atoms with E-state index < -0.39 is 0 Å². The summed E-state index contributed by atoms with van der Waals surface area (Å²) in [4.78, 5) is 12.9. The second-order valence-corrected chi connectivity index (χ2v) is 5.79. The zero-order valence-corrected chi connectivity index (χ0v) is 13.1. The van der Waals surface area contributed by atoms with Gasteiger partial charge >= 0.3 is 0 Å². The molecule has 0 saturated carbocycles. The lowest BCUT2D eigenvalue weighted by Crippen LogP contribution is -2.02. The van der Waals surface area contributed by atoms with E-state index in [1.165, 1.54) is 11.8 Å². The van der Waals surface area contributed by atoms with Crippen molar-refractivity contribution in [1.82, 2.24) is 0 Å². The van der Waals surface area contributed by atoms with E-state index in [9.17, 15) is 4.79 Å². The third-order valence-electron chi connectivity index (χ3n) is 2.69. The molecule has 20 heavy (non-hydrogen) atoms. The monoisotopic (exact) mass is 326 g/mol. The molecule has 0 amide bonds. The summed E-state index contributed by atoms with van der Waals surface area (Å²) >= 11 is 13.4. The molecule has 2 nitrogen and oxygen atoms in total. The number of hydrogen-bond acceptors (Lipinski definition) is 3. The summed E-state index contributed by atoms with van der Waals surface area (Å²) in [5, 5.41) is 0.982. The van der Waals surface area contributed by atoms with Gasteiger partial charge in [-0.05, 0) is 36.4 Å². The lowest BCUT2D eigenvalue weighted by molar-refractivity contribution is 0.102. The molecule has 0 aromatic heterocycles. The molecule has 0 aliphatic heterocycles. The molecule has 0 radical (unpaired) electrons. The molecule has 104 valence electrons. The molecule has 5 heteroatoms. The van der Waals surface area contributed by atoms with E-state index in [-0.39, 0.29) is 5.78 Å². The molecule has 0 spiro atoms. The number of methoxy groups -OCH3 is 1. The molecule has 2 aromatic carbocycles. The topological polar surface area (TPSA) is 26.3 Å². The smallest absolute Gasteiger partial charge is 0.173 e. The van der Waals surface area contributed by atoms with Crippen LogP contribution in [0, 0.1) is 0 Å². The molecule has 0 bridgehead atoms. The first kappa shape index (κ1) is 15.2. The van der Waals surface area contributed by atoms with Crippen LogP contribution in [0.4, 0.5) is 0 Å². The summed E-state index contributed by atoms with van der Waals surface area (Å²) in [6.45, 7) is 0. The van der Waals surface area contributed by atoms with Crippen molar-refractivity contribution in [3.8, 4) is 5.75 Å². The van der Waals surface area contributed by atoms with Gasteiger partial charge < -0.3 is 4.74 Å². The van der Waals surface area contributed by atoms with E-state index in [2.05, 4.69) is 0 Å². The number of carbonyl (C=O) groups excluding carboxylic acids is 1. The van der Waals surface area contributed by atoms with Crippen molar-refractivity contribution in [2.45, 2.75) is 4.90 Å². The van der Waals surface area contributed by atoms with Gasteiger partial charge in [0.2, 0.25) is 0 Å². The maximum atomic E-state index is 12.1. The fraction of sp³-hybridized carbons (Fsp3) is 0.133. The van der Waals surface area contributed by atoms with Crippen LogP contribution in [0.2, 0.25) is 10.0 Å². The van der Waals surface area contributed by atoms with Gasteiger partial charge in [-0.3, -0.25) is 4.79 Å². The Hall–Kier alpha value is -1.16.